The molecule has 0 aliphatic carbocycles. The van der Waals surface area contributed by atoms with E-state index in [4.69, 9.17) is 9.47 Å². The van der Waals surface area contributed by atoms with Crippen molar-refractivity contribution in [1.82, 2.24) is 9.13 Å². The predicted octanol–water partition coefficient (Wildman–Crippen LogP) is 6.08. The molecule has 3 atom stereocenters. The summed E-state index contributed by atoms with van der Waals surface area (Å²) < 4.78 is 51.8. The molecule has 0 bridgehead atoms. The van der Waals surface area contributed by atoms with Crippen LogP contribution in [0.15, 0.2) is 24.8 Å². The third-order valence-corrected chi connectivity index (χ3v) is 11.9. The summed E-state index contributed by atoms with van der Waals surface area (Å²) in [4.78, 5) is 48.1. The summed E-state index contributed by atoms with van der Waals surface area (Å²) in [5.74, 6) is -3.54. The molecule has 3 unspecified atom stereocenters. The van der Waals surface area contributed by atoms with E-state index in [1.165, 1.54) is 0 Å². The molecule has 0 saturated heterocycles. The first kappa shape index (κ1) is 58.2. The van der Waals surface area contributed by atoms with Gasteiger partial charge in [0.1, 0.15) is 41.2 Å². The smallest absolute Gasteiger partial charge is 0.422 e. The quantitative estimate of drug-likeness (QED) is 0.0727. The van der Waals surface area contributed by atoms with Gasteiger partial charge in [-0.25, -0.2) is 27.9 Å². The first-order valence-corrected chi connectivity index (χ1v) is 24.1. The first-order valence-electron chi connectivity index (χ1n) is 22.6. The fraction of sp³-hybridized carbons (Fsp3) is 0.783. The monoisotopic (exact) mass is 899 g/mol. The van der Waals surface area contributed by atoms with E-state index in [1.807, 2.05) is 126 Å². The molecule has 15 nitrogen and oxygen atoms in total. The fourth-order valence-electron chi connectivity index (χ4n) is 7.36. The second-order valence-electron chi connectivity index (χ2n) is 18.5. The van der Waals surface area contributed by atoms with Crippen LogP contribution in [0.2, 0.25) is 0 Å². The minimum Gasteiger partial charge on any atom is -0.549 e. The number of carboxylic acids is 2. The summed E-state index contributed by atoms with van der Waals surface area (Å²) >= 11 is 0. The molecule has 0 aliphatic heterocycles. The Hall–Kier alpha value is -3.79. The maximum Gasteiger partial charge on any atom is 0.422 e. The molecule has 2 aromatic rings. The lowest BCUT2D eigenvalue weighted by Gasteiger charge is -2.44. The third kappa shape index (κ3) is 20.2. The van der Waals surface area contributed by atoms with E-state index >= 15 is 0 Å². The zero-order valence-corrected chi connectivity index (χ0v) is 41.4. The van der Waals surface area contributed by atoms with Crippen molar-refractivity contribution in [3.63, 3.8) is 0 Å². The Bertz CT molecular complexity index is 1680. The molecule has 2 heterocycles. The van der Waals surface area contributed by atoms with Crippen LogP contribution < -0.4 is 19.3 Å². The van der Waals surface area contributed by atoms with Gasteiger partial charge in [0.15, 0.2) is 0 Å². The average molecular weight is 899 g/mol. The highest BCUT2D eigenvalue weighted by molar-refractivity contribution is 7.87. The number of carbonyl (C=O) groups is 4. The van der Waals surface area contributed by atoms with Crippen molar-refractivity contribution in [2.45, 2.75) is 203 Å². The van der Waals surface area contributed by atoms with Crippen molar-refractivity contribution in [1.29, 1.82) is 0 Å². The molecule has 0 aromatic carbocycles. The van der Waals surface area contributed by atoms with Gasteiger partial charge in [0.05, 0.1) is 33.2 Å². The van der Waals surface area contributed by atoms with Crippen LogP contribution in [0.1, 0.15) is 194 Å². The molecule has 0 saturated carbocycles. The summed E-state index contributed by atoms with van der Waals surface area (Å²) in [5.41, 5.74) is -3.14. The molecule has 0 fully saturated rings. The van der Waals surface area contributed by atoms with Crippen molar-refractivity contribution in [3.8, 4) is 0 Å². The van der Waals surface area contributed by atoms with E-state index < -0.39 is 43.9 Å². The lowest BCUT2D eigenvalue weighted by Crippen LogP contribution is -2.60. The number of hydrogen-bond acceptors (Lipinski definition) is 10. The minimum atomic E-state index is -5.20. The van der Waals surface area contributed by atoms with Crippen LogP contribution in [0.25, 0.3) is 0 Å². The van der Waals surface area contributed by atoms with E-state index in [-0.39, 0.29) is 36.6 Å². The van der Waals surface area contributed by atoms with E-state index in [9.17, 15) is 42.4 Å². The molecular formula is C46H82N4O11S. The standard InChI is InChI=1S/C20H38O7S.2C13H23N2O2/c1-5-9-11-15(7-3)13-20(19(23)24,14-16(8-4)12-10-6-2)17(18(21)22)28(25,26)27;2*1-6-7-8-15-10-9-14(5)11(15)12(16)17-13(2,3)4/h15-17H,5-14H2,1-4H3,(H,21,22)(H,23,24)(H,25,26,27);2*9-10H,6-8H2,1-5H3/q;2*+1/p-2. The van der Waals surface area contributed by atoms with Gasteiger partial charge in [0, 0.05) is 11.4 Å². The largest absolute Gasteiger partial charge is 0.549 e. The van der Waals surface area contributed by atoms with Crippen molar-refractivity contribution in [2.75, 3.05) is 0 Å². The highest BCUT2D eigenvalue weighted by atomic mass is 32.2. The number of aromatic nitrogens is 4. The predicted molar refractivity (Wildman–Crippen MR) is 235 cm³/mol. The number of imidazole rings is 2. The van der Waals surface area contributed by atoms with Gasteiger partial charge in [-0.2, -0.15) is 8.42 Å². The van der Waals surface area contributed by atoms with Crippen LogP contribution in [0, 0.1) is 17.3 Å². The molecule has 0 spiro atoms. The molecule has 358 valence electrons. The Kier molecular flexibility index (Phi) is 25.7. The maximum absolute atomic E-state index is 12.3. The summed E-state index contributed by atoms with van der Waals surface area (Å²) in [6, 6.07) is 0. The van der Waals surface area contributed by atoms with Gasteiger partial charge in [0.25, 0.3) is 10.1 Å². The second-order valence-corrected chi connectivity index (χ2v) is 20.0. The number of unbranched alkanes of at least 4 members (excludes halogenated alkanes) is 4. The molecular weight excluding hydrogens is 817 g/mol. The van der Waals surface area contributed by atoms with Crippen molar-refractivity contribution < 1.29 is 61.0 Å². The number of ether oxygens (including phenoxy) is 2. The molecule has 2 rings (SSSR count). The zero-order valence-electron chi connectivity index (χ0n) is 40.6. The Morgan fingerprint density at radius 1 is 0.661 bits per heavy atom. The van der Waals surface area contributed by atoms with E-state index in [1.54, 1.807) is 0 Å². The average Bonchev–Trinajstić information content (AvgIpc) is 3.72. The number of carbonyl (C=O) groups excluding carboxylic acids is 4. The van der Waals surface area contributed by atoms with Crippen molar-refractivity contribution >= 4 is 34.0 Å². The normalized spacial score (nSPS) is 14.2. The topological polar surface area (TPSA) is 205 Å². The molecule has 0 radical (unpaired) electrons. The van der Waals surface area contributed by atoms with Gasteiger partial charge >= 0.3 is 23.6 Å². The van der Waals surface area contributed by atoms with E-state index in [0.717, 1.165) is 64.5 Å². The van der Waals surface area contributed by atoms with Crippen LogP contribution in [0.3, 0.4) is 0 Å². The van der Waals surface area contributed by atoms with Crippen LogP contribution in [-0.2, 0) is 56.4 Å². The summed E-state index contributed by atoms with van der Waals surface area (Å²) in [6.07, 6.45) is 17.5. The number of aryl methyl sites for hydroxylation is 4. The van der Waals surface area contributed by atoms with Crippen LogP contribution in [-0.4, -0.2) is 62.4 Å². The minimum absolute atomic E-state index is 0.174. The van der Waals surface area contributed by atoms with Gasteiger partial charge in [-0.1, -0.05) is 106 Å². The molecule has 16 heteroatoms. The third-order valence-electron chi connectivity index (χ3n) is 10.6. The number of rotatable bonds is 24. The van der Waals surface area contributed by atoms with Gasteiger partial charge < -0.3 is 29.3 Å². The Labute approximate surface area is 373 Å². The number of hydrogen-bond donors (Lipinski definition) is 1. The van der Waals surface area contributed by atoms with E-state index in [0.29, 0.717) is 37.3 Å². The van der Waals surface area contributed by atoms with E-state index in [2.05, 4.69) is 13.8 Å². The van der Waals surface area contributed by atoms with Crippen molar-refractivity contribution in [3.05, 3.63) is 36.4 Å². The lowest BCUT2D eigenvalue weighted by atomic mass is 9.68. The Morgan fingerprint density at radius 3 is 1.24 bits per heavy atom. The number of carboxylic acid groups (broad SMARTS) is 2. The maximum atomic E-state index is 12.3. The first-order chi connectivity index (χ1) is 28.7. The molecule has 1 N–H and O–H groups in total. The van der Waals surface area contributed by atoms with Gasteiger partial charge in [0.2, 0.25) is 0 Å². The number of esters is 2. The SMILES string of the molecule is CCCCC(CC)CC(CC(CC)CCCC)(C(=O)[O-])C(C(=O)[O-])S(=O)(=O)O.CCCCn1cc[n+](C)c1C(=O)OC(C)(C)C.CCCCn1cc[n+](C)c1C(=O)OC(C)(C)C. The number of aliphatic carboxylic acids is 2. The molecule has 0 aliphatic rings. The van der Waals surface area contributed by atoms with Gasteiger partial charge in [-0.05, 0) is 79.1 Å². The fourth-order valence-corrected chi connectivity index (χ4v) is 8.46. The van der Waals surface area contributed by atoms with Gasteiger partial charge in [-0.3, -0.25) is 4.55 Å². The second kappa shape index (κ2) is 27.4. The summed E-state index contributed by atoms with van der Waals surface area (Å²) in [6.45, 7) is 24.9. The Balaban J connectivity index is 0.000000945. The van der Waals surface area contributed by atoms with Crippen molar-refractivity contribution in [2.24, 2.45) is 31.3 Å². The molecule has 2 aromatic heterocycles. The van der Waals surface area contributed by atoms with Crippen LogP contribution in [0.4, 0.5) is 0 Å². The summed E-state index contributed by atoms with van der Waals surface area (Å²) in [7, 11) is -1.47. The zero-order chi connectivity index (χ0) is 48.1. The lowest BCUT2D eigenvalue weighted by molar-refractivity contribution is -0.673. The Morgan fingerprint density at radius 2 is 1.00 bits per heavy atom. The van der Waals surface area contributed by atoms with Crippen LogP contribution >= 0.6 is 0 Å². The summed E-state index contributed by atoms with van der Waals surface area (Å²) in [5, 5.41) is 21.5. The van der Waals surface area contributed by atoms with Crippen LogP contribution in [0.5, 0.6) is 0 Å². The number of nitrogens with zero attached hydrogens (tertiary/aromatic N) is 4. The highest BCUT2D eigenvalue weighted by Crippen LogP contribution is 2.43. The molecule has 62 heavy (non-hydrogen) atoms. The molecule has 0 amide bonds. The van der Waals surface area contributed by atoms with Gasteiger partial charge in [-0.15, -0.1) is 0 Å². The highest BCUT2D eigenvalue weighted by Gasteiger charge is 2.50.